The van der Waals surface area contributed by atoms with Crippen molar-refractivity contribution in [2.24, 2.45) is 0 Å². The highest BCUT2D eigenvalue weighted by atomic mass is 16.5. The van der Waals surface area contributed by atoms with Gasteiger partial charge in [-0.25, -0.2) is 4.79 Å². The van der Waals surface area contributed by atoms with Gasteiger partial charge in [-0.3, -0.25) is 9.59 Å². The Balaban J connectivity index is 2.35. The first-order valence-electron chi connectivity index (χ1n) is 5.91. The normalized spacial score (nSPS) is 11.4. The summed E-state index contributed by atoms with van der Waals surface area (Å²) in [5.41, 5.74) is 0. The Morgan fingerprint density at radius 3 is 2.35 bits per heavy atom. The maximum atomic E-state index is 11.5. The van der Waals surface area contributed by atoms with Gasteiger partial charge < -0.3 is 20.3 Å². The third-order valence-corrected chi connectivity index (χ3v) is 2.35. The highest BCUT2D eigenvalue weighted by molar-refractivity contribution is 5.86. The summed E-state index contributed by atoms with van der Waals surface area (Å²) in [4.78, 5) is 32.7. The lowest BCUT2D eigenvalue weighted by molar-refractivity contribution is -0.147. The number of rotatable bonds is 8. The predicted molar refractivity (Wildman–Crippen MR) is 68.4 cm³/mol. The molecule has 0 saturated heterocycles. The molecule has 20 heavy (non-hydrogen) atoms. The van der Waals surface area contributed by atoms with E-state index in [1.54, 1.807) is 24.3 Å². The number of nitrogens with one attached hydrogen (secondary N) is 1. The van der Waals surface area contributed by atoms with Gasteiger partial charge in [0.15, 0.2) is 0 Å². The van der Waals surface area contributed by atoms with Crippen LogP contribution in [0.25, 0.3) is 0 Å². The molecule has 1 unspecified atom stereocenters. The van der Waals surface area contributed by atoms with Gasteiger partial charge in [-0.05, 0) is 12.1 Å². The molecular weight excluding hydrogens is 266 g/mol. The molecule has 1 atom stereocenters. The summed E-state index contributed by atoms with van der Waals surface area (Å²) in [7, 11) is 0. The third-order valence-electron chi connectivity index (χ3n) is 2.35. The third kappa shape index (κ3) is 5.85. The molecule has 0 aliphatic heterocycles. The van der Waals surface area contributed by atoms with E-state index >= 15 is 0 Å². The summed E-state index contributed by atoms with van der Waals surface area (Å²) in [5.74, 6) is -2.65. The fraction of sp³-hybridized carbons (Fsp3) is 0.308. The highest BCUT2D eigenvalue weighted by Crippen LogP contribution is 2.08. The maximum absolute atomic E-state index is 11.5. The number of ether oxygens (including phenoxy) is 1. The molecule has 7 nitrogen and oxygen atoms in total. The summed E-state index contributed by atoms with van der Waals surface area (Å²) in [6.07, 6.45) is -0.723. The second-order valence-electron chi connectivity index (χ2n) is 3.97. The van der Waals surface area contributed by atoms with E-state index in [-0.39, 0.29) is 13.0 Å². The molecule has 3 N–H and O–H groups in total. The molecule has 0 aliphatic carbocycles. The van der Waals surface area contributed by atoms with Gasteiger partial charge in [0.25, 0.3) is 0 Å². The average Bonchev–Trinajstić information content (AvgIpc) is 2.38. The van der Waals surface area contributed by atoms with Crippen molar-refractivity contribution in [1.29, 1.82) is 0 Å². The molecule has 0 aromatic heterocycles. The van der Waals surface area contributed by atoms with Gasteiger partial charge >= 0.3 is 11.9 Å². The summed E-state index contributed by atoms with van der Waals surface area (Å²) in [6, 6.07) is 7.40. The zero-order valence-corrected chi connectivity index (χ0v) is 10.6. The van der Waals surface area contributed by atoms with Gasteiger partial charge in [-0.1, -0.05) is 18.2 Å². The molecule has 108 valence electrons. The van der Waals surface area contributed by atoms with Crippen molar-refractivity contribution in [2.45, 2.75) is 18.9 Å². The number of hydrogen-bond acceptors (Lipinski definition) is 4. The van der Waals surface area contributed by atoms with Crippen molar-refractivity contribution in [3.8, 4) is 5.75 Å². The fourth-order valence-electron chi connectivity index (χ4n) is 1.42. The minimum atomic E-state index is -1.43. The summed E-state index contributed by atoms with van der Waals surface area (Å²) in [6.45, 7) is 0.0786. The van der Waals surface area contributed by atoms with Crippen LogP contribution in [0.2, 0.25) is 0 Å². The van der Waals surface area contributed by atoms with Crippen molar-refractivity contribution in [3.63, 3.8) is 0 Å². The van der Waals surface area contributed by atoms with Gasteiger partial charge in [-0.15, -0.1) is 0 Å². The number of benzene rings is 1. The Morgan fingerprint density at radius 1 is 1.15 bits per heavy atom. The van der Waals surface area contributed by atoms with Gasteiger partial charge in [0, 0.05) is 0 Å². The molecule has 0 radical (unpaired) electrons. The molecule has 0 saturated carbocycles. The number of amides is 1. The molecule has 1 amide bonds. The smallest absolute Gasteiger partial charge is 0.326 e. The van der Waals surface area contributed by atoms with E-state index in [0.717, 1.165) is 0 Å². The van der Waals surface area contributed by atoms with E-state index in [1.165, 1.54) is 0 Å². The Kier molecular flexibility index (Phi) is 6.02. The number of carboxylic acid groups (broad SMARTS) is 2. The maximum Gasteiger partial charge on any atom is 0.326 e. The number of aliphatic carboxylic acids is 2. The van der Waals surface area contributed by atoms with Gasteiger partial charge in [0.1, 0.15) is 11.8 Å². The Hall–Kier alpha value is -2.57. The summed E-state index contributed by atoms with van der Waals surface area (Å²) in [5, 5.41) is 19.4. The van der Waals surface area contributed by atoms with Crippen LogP contribution in [0.5, 0.6) is 5.75 Å². The van der Waals surface area contributed by atoms with E-state index < -0.39 is 30.3 Å². The molecule has 1 rings (SSSR count). The molecule has 0 aliphatic rings. The molecule has 1 aromatic carbocycles. The monoisotopic (exact) mass is 281 g/mol. The Bertz CT molecular complexity index is 473. The number of para-hydroxylation sites is 1. The minimum absolute atomic E-state index is 0.0572. The highest BCUT2D eigenvalue weighted by Gasteiger charge is 2.22. The first-order valence-corrected chi connectivity index (χ1v) is 5.91. The minimum Gasteiger partial charge on any atom is -0.493 e. The SMILES string of the molecule is O=C(O)CC(NC(=O)CCOc1ccccc1)C(=O)O. The topological polar surface area (TPSA) is 113 Å². The van der Waals surface area contributed by atoms with Crippen molar-refractivity contribution in [3.05, 3.63) is 30.3 Å². The fourth-order valence-corrected chi connectivity index (χ4v) is 1.42. The molecule has 0 bridgehead atoms. The molecule has 7 heteroatoms. The van der Waals surface area contributed by atoms with Crippen molar-refractivity contribution >= 4 is 17.8 Å². The number of hydrogen-bond donors (Lipinski definition) is 3. The van der Waals surface area contributed by atoms with Crippen LogP contribution >= 0.6 is 0 Å². The van der Waals surface area contributed by atoms with Crippen LogP contribution < -0.4 is 10.1 Å². The average molecular weight is 281 g/mol. The van der Waals surface area contributed by atoms with E-state index in [2.05, 4.69) is 5.32 Å². The molecule has 0 fully saturated rings. The Morgan fingerprint density at radius 2 is 1.80 bits per heavy atom. The lowest BCUT2D eigenvalue weighted by atomic mass is 10.2. The quantitative estimate of drug-likeness (QED) is 0.639. The van der Waals surface area contributed by atoms with E-state index in [4.69, 9.17) is 14.9 Å². The molecule has 0 spiro atoms. The number of carboxylic acids is 2. The summed E-state index contributed by atoms with van der Waals surface area (Å²) >= 11 is 0. The second-order valence-corrected chi connectivity index (χ2v) is 3.97. The standard InChI is InChI=1S/C13H15NO6/c15-11(14-10(13(18)19)8-12(16)17)6-7-20-9-4-2-1-3-5-9/h1-5,10H,6-8H2,(H,14,15)(H,16,17)(H,18,19). The van der Waals surface area contributed by atoms with Crippen LogP contribution in [0.4, 0.5) is 0 Å². The molecular formula is C13H15NO6. The van der Waals surface area contributed by atoms with Crippen LogP contribution in [0, 0.1) is 0 Å². The summed E-state index contributed by atoms with van der Waals surface area (Å²) < 4.78 is 5.28. The van der Waals surface area contributed by atoms with E-state index in [1.807, 2.05) is 6.07 Å². The van der Waals surface area contributed by atoms with Gasteiger partial charge in [0.2, 0.25) is 5.91 Å². The van der Waals surface area contributed by atoms with Crippen LogP contribution in [0.1, 0.15) is 12.8 Å². The van der Waals surface area contributed by atoms with Crippen molar-refractivity contribution in [1.82, 2.24) is 5.32 Å². The molecule has 0 heterocycles. The first kappa shape index (κ1) is 15.5. The van der Waals surface area contributed by atoms with Crippen LogP contribution in [-0.2, 0) is 14.4 Å². The van der Waals surface area contributed by atoms with E-state index in [0.29, 0.717) is 5.75 Å². The predicted octanol–water partition coefficient (Wildman–Crippen LogP) is 0.500. The lowest BCUT2D eigenvalue weighted by Crippen LogP contribution is -2.42. The van der Waals surface area contributed by atoms with Crippen LogP contribution in [-0.4, -0.2) is 40.7 Å². The van der Waals surface area contributed by atoms with Gasteiger partial charge in [0.05, 0.1) is 19.4 Å². The van der Waals surface area contributed by atoms with Crippen molar-refractivity contribution < 1.29 is 29.3 Å². The zero-order valence-electron chi connectivity index (χ0n) is 10.6. The lowest BCUT2D eigenvalue weighted by Gasteiger charge is -2.12. The number of carbonyl (C=O) groups is 3. The number of carbonyl (C=O) groups excluding carboxylic acids is 1. The van der Waals surface area contributed by atoms with Gasteiger partial charge in [-0.2, -0.15) is 0 Å². The largest absolute Gasteiger partial charge is 0.493 e. The Labute approximate surface area is 115 Å². The first-order chi connectivity index (χ1) is 9.49. The van der Waals surface area contributed by atoms with Crippen molar-refractivity contribution in [2.75, 3.05) is 6.61 Å². The van der Waals surface area contributed by atoms with Crippen LogP contribution in [0.15, 0.2) is 30.3 Å². The molecule has 1 aromatic rings. The second kappa shape index (κ2) is 7.78. The van der Waals surface area contributed by atoms with Crippen LogP contribution in [0.3, 0.4) is 0 Å². The zero-order chi connectivity index (χ0) is 15.0. The van der Waals surface area contributed by atoms with E-state index in [9.17, 15) is 14.4 Å².